The summed E-state index contributed by atoms with van der Waals surface area (Å²) in [4.78, 5) is 41.3. The molecule has 1 aliphatic heterocycles. The van der Waals surface area contributed by atoms with E-state index in [1.807, 2.05) is 4.90 Å². The highest BCUT2D eigenvalue weighted by molar-refractivity contribution is 6.30. The lowest BCUT2D eigenvalue weighted by atomic mass is 10.1. The van der Waals surface area contributed by atoms with E-state index in [9.17, 15) is 25.0 Å². The summed E-state index contributed by atoms with van der Waals surface area (Å²) < 4.78 is 4.70. The van der Waals surface area contributed by atoms with Gasteiger partial charge in [0.25, 0.3) is 11.4 Å². The second-order valence-corrected chi connectivity index (χ2v) is 6.61. The summed E-state index contributed by atoms with van der Waals surface area (Å²) in [5.41, 5.74) is -1.27. The number of pyridine rings is 1. The molecule has 0 unspecified atom stereocenters. The van der Waals surface area contributed by atoms with Gasteiger partial charge in [-0.15, -0.1) is 0 Å². The SMILES string of the molecule is COC(=O)c1cc([N+](=O)[O-])cc([N+](=O)[O-])c1N1CCN(c2ccc(Cl)cn2)CC1. The summed E-state index contributed by atoms with van der Waals surface area (Å²) in [5, 5.41) is 23.2. The minimum atomic E-state index is -0.881. The number of carbonyl (C=O) groups is 1. The minimum Gasteiger partial charge on any atom is -0.465 e. The number of aromatic nitrogens is 1. The number of hydrogen-bond acceptors (Lipinski definition) is 9. The quantitative estimate of drug-likeness (QED) is 0.405. The van der Waals surface area contributed by atoms with Crippen molar-refractivity contribution >= 4 is 40.5 Å². The molecular formula is C17H16ClN5O6. The van der Waals surface area contributed by atoms with Crippen molar-refractivity contribution in [3.05, 3.63) is 61.3 Å². The maximum absolute atomic E-state index is 12.2. The molecule has 12 heteroatoms. The lowest BCUT2D eigenvalue weighted by Crippen LogP contribution is -2.47. The highest BCUT2D eigenvalue weighted by Crippen LogP contribution is 2.37. The molecule has 1 aromatic carbocycles. The average molecular weight is 422 g/mol. The van der Waals surface area contributed by atoms with E-state index in [-0.39, 0.29) is 11.3 Å². The third-order valence-electron chi connectivity index (χ3n) is 4.52. The van der Waals surface area contributed by atoms with E-state index >= 15 is 0 Å². The number of halogens is 1. The Morgan fingerprint density at radius 1 is 1.10 bits per heavy atom. The van der Waals surface area contributed by atoms with Crippen LogP contribution in [0.25, 0.3) is 0 Å². The third-order valence-corrected chi connectivity index (χ3v) is 4.74. The first-order chi connectivity index (χ1) is 13.8. The number of hydrogen-bond donors (Lipinski definition) is 0. The second-order valence-electron chi connectivity index (χ2n) is 6.18. The monoisotopic (exact) mass is 421 g/mol. The number of piperazine rings is 1. The number of nitro benzene ring substituents is 2. The van der Waals surface area contributed by atoms with E-state index in [0.717, 1.165) is 19.2 Å². The molecule has 0 aliphatic carbocycles. The molecule has 0 saturated carbocycles. The van der Waals surface area contributed by atoms with Gasteiger partial charge in [0.05, 0.1) is 33.6 Å². The Balaban J connectivity index is 1.95. The summed E-state index contributed by atoms with van der Waals surface area (Å²) in [7, 11) is 1.11. The largest absolute Gasteiger partial charge is 0.465 e. The maximum atomic E-state index is 12.2. The first-order valence-electron chi connectivity index (χ1n) is 8.48. The van der Waals surface area contributed by atoms with Gasteiger partial charge in [-0.25, -0.2) is 9.78 Å². The molecule has 11 nitrogen and oxygen atoms in total. The van der Waals surface area contributed by atoms with Crippen LogP contribution in [0, 0.1) is 20.2 Å². The van der Waals surface area contributed by atoms with Crippen LogP contribution in [-0.4, -0.2) is 54.1 Å². The van der Waals surface area contributed by atoms with Crippen LogP contribution in [0.1, 0.15) is 10.4 Å². The molecule has 29 heavy (non-hydrogen) atoms. The summed E-state index contributed by atoms with van der Waals surface area (Å²) in [6, 6.07) is 5.34. The van der Waals surface area contributed by atoms with Crippen molar-refractivity contribution in [2.45, 2.75) is 0 Å². The number of non-ortho nitro benzene ring substituents is 1. The lowest BCUT2D eigenvalue weighted by Gasteiger charge is -2.36. The number of esters is 1. The smallest absolute Gasteiger partial charge is 0.340 e. The van der Waals surface area contributed by atoms with Gasteiger partial charge < -0.3 is 14.5 Å². The van der Waals surface area contributed by atoms with Crippen LogP contribution in [0.4, 0.5) is 22.9 Å². The summed E-state index contributed by atoms with van der Waals surface area (Å²) in [5.74, 6) is -0.172. The zero-order valence-electron chi connectivity index (χ0n) is 15.3. The predicted molar refractivity (Wildman–Crippen MR) is 105 cm³/mol. The van der Waals surface area contributed by atoms with Crippen LogP contribution in [0.15, 0.2) is 30.5 Å². The predicted octanol–water partition coefficient (Wildman–Crippen LogP) is 2.66. The van der Waals surface area contributed by atoms with E-state index in [1.165, 1.54) is 6.20 Å². The Morgan fingerprint density at radius 2 is 1.76 bits per heavy atom. The molecule has 0 N–H and O–H groups in total. The Labute approximate surface area is 169 Å². The van der Waals surface area contributed by atoms with Crippen molar-refractivity contribution < 1.29 is 19.4 Å². The van der Waals surface area contributed by atoms with E-state index in [2.05, 4.69) is 4.98 Å². The van der Waals surface area contributed by atoms with Crippen molar-refractivity contribution in [3.8, 4) is 0 Å². The number of benzene rings is 1. The van der Waals surface area contributed by atoms with E-state index < -0.39 is 27.2 Å². The summed E-state index contributed by atoms with van der Waals surface area (Å²) in [6.07, 6.45) is 1.53. The first kappa shape index (κ1) is 20.3. The fraction of sp³-hybridized carbons (Fsp3) is 0.294. The third kappa shape index (κ3) is 4.19. The van der Waals surface area contributed by atoms with Gasteiger partial charge in [-0.05, 0) is 12.1 Å². The van der Waals surface area contributed by atoms with Gasteiger partial charge >= 0.3 is 5.97 Å². The number of nitrogens with zero attached hydrogens (tertiary/aromatic N) is 5. The van der Waals surface area contributed by atoms with Crippen molar-refractivity contribution in [2.75, 3.05) is 43.1 Å². The Morgan fingerprint density at radius 3 is 2.28 bits per heavy atom. The van der Waals surface area contributed by atoms with Crippen molar-refractivity contribution in [2.24, 2.45) is 0 Å². The zero-order valence-corrected chi connectivity index (χ0v) is 16.0. The Kier molecular flexibility index (Phi) is 5.78. The Bertz CT molecular complexity index is 960. The molecule has 1 aromatic heterocycles. The molecule has 0 atom stereocenters. The lowest BCUT2D eigenvalue weighted by molar-refractivity contribution is -0.393. The van der Waals surface area contributed by atoms with Gasteiger partial charge in [0.2, 0.25) is 0 Å². The fourth-order valence-corrected chi connectivity index (χ4v) is 3.27. The summed E-state index contributed by atoms with van der Waals surface area (Å²) >= 11 is 5.85. The molecule has 1 saturated heterocycles. The number of ether oxygens (including phenoxy) is 1. The standard InChI is InChI=1S/C17H16ClN5O6/c1-29-17(24)13-8-12(22(25)26)9-14(23(27)28)16(13)21-6-4-20(5-7-21)15-3-2-11(18)10-19-15/h2-3,8-10H,4-7H2,1H3. The maximum Gasteiger partial charge on any atom is 0.340 e. The van der Waals surface area contributed by atoms with Gasteiger partial charge in [0.15, 0.2) is 0 Å². The number of anilines is 2. The molecule has 0 spiro atoms. The average Bonchev–Trinajstić information content (AvgIpc) is 2.72. The van der Waals surface area contributed by atoms with Gasteiger partial charge in [0, 0.05) is 38.4 Å². The number of methoxy groups -OCH3 is 1. The Hall–Kier alpha value is -3.47. The van der Waals surface area contributed by atoms with Crippen molar-refractivity contribution in [1.29, 1.82) is 0 Å². The molecule has 0 bridgehead atoms. The van der Waals surface area contributed by atoms with E-state index in [0.29, 0.717) is 37.0 Å². The molecule has 0 amide bonds. The summed E-state index contributed by atoms with van der Waals surface area (Å²) in [6.45, 7) is 1.63. The molecule has 1 fully saturated rings. The topological polar surface area (TPSA) is 132 Å². The first-order valence-corrected chi connectivity index (χ1v) is 8.86. The zero-order chi connectivity index (χ0) is 21.1. The van der Waals surface area contributed by atoms with Crippen LogP contribution >= 0.6 is 11.6 Å². The molecule has 1 aliphatic rings. The van der Waals surface area contributed by atoms with Gasteiger partial charge in [-0.2, -0.15) is 0 Å². The normalized spacial score (nSPS) is 13.9. The molecule has 152 valence electrons. The number of carbonyl (C=O) groups excluding carboxylic acids is 1. The second kappa shape index (κ2) is 8.27. The molecule has 3 rings (SSSR count). The van der Waals surface area contributed by atoms with Gasteiger partial charge in [-0.3, -0.25) is 20.2 Å². The number of rotatable bonds is 5. The van der Waals surface area contributed by atoms with Crippen LogP contribution in [0.3, 0.4) is 0 Å². The van der Waals surface area contributed by atoms with Gasteiger partial charge in [0.1, 0.15) is 11.5 Å². The van der Waals surface area contributed by atoms with Gasteiger partial charge in [-0.1, -0.05) is 11.6 Å². The van der Waals surface area contributed by atoms with Crippen LogP contribution in [0.2, 0.25) is 5.02 Å². The highest BCUT2D eigenvalue weighted by Gasteiger charge is 2.33. The molecule has 2 aromatic rings. The molecular weight excluding hydrogens is 406 g/mol. The molecule has 2 heterocycles. The van der Waals surface area contributed by atoms with Crippen LogP contribution in [-0.2, 0) is 4.74 Å². The minimum absolute atomic E-state index is 0.0103. The van der Waals surface area contributed by atoms with Crippen molar-refractivity contribution in [3.63, 3.8) is 0 Å². The number of nitro groups is 2. The van der Waals surface area contributed by atoms with Crippen LogP contribution < -0.4 is 9.80 Å². The fourth-order valence-electron chi connectivity index (χ4n) is 3.16. The molecule has 0 radical (unpaired) electrons. The highest BCUT2D eigenvalue weighted by atomic mass is 35.5. The van der Waals surface area contributed by atoms with Crippen LogP contribution in [0.5, 0.6) is 0 Å². The van der Waals surface area contributed by atoms with Crippen molar-refractivity contribution in [1.82, 2.24) is 4.98 Å². The van der Waals surface area contributed by atoms with E-state index in [1.54, 1.807) is 17.0 Å². The van der Waals surface area contributed by atoms with E-state index in [4.69, 9.17) is 16.3 Å².